The maximum Gasteiger partial charge on any atom is 0.0993 e. The predicted molar refractivity (Wildman–Crippen MR) is 76.6 cm³/mol. The van der Waals surface area contributed by atoms with Crippen molar-refractivity contribution in [2.45, 2.75) is 45.2 Å². The fourth-order valence-corrected chi connectivity index (χ4v) is 2.05. The second-order valence-electron chi connectivity index (χ2n) is 4.86. The van der Waals surface area contributed by atoms with Crippen LogP contribution in [0.3, 0.4) is 0 Å². The SMILES string of the molecule is CCC(N)c1cn(CCCCc2ccccc2)nn1. The summed E-state index contributed by atoms with van der Waals surface area (Å²) in [6, 6.07) is 10.6. The van der Waals surface area contributed by atoms with E-state index in [0.717, 1.165) is 31.5 Å². The molecule has 1 aromatic carbocycles. The number of rotatable bonds is 7. The molecule has 19 heavy (non-hydrogen) atoms. The second kappa shape index (κ2) is 7.04. The van der Waals surface area contributed by atoms with Crippen molar-refractivity contribution in [3.63, 3.8) is 0 Å². The van der Waals surface area contributed by atoms with Crippen molar-refractivity contribution in [3.05, 3.63) is 47.8 Å². The minimum Gasteiger partial charge on any atom is -0.323 e. The standard InChI is InChI=1S/C15H22N4/c1-2-14(16)15-12-19(18-17-15)11-7-6-10-13-8-4-3-5-9-13/h3-5,8-9,12,14H,2,6-7,10-11,16H2,1H3. The second-order valence-corrected chi connectivity index (χ2v) is 4.86. The van der Waals surface area contributed by atoms with Crippen LogP contribution in [0, 0.1) is 0 Å². The number of nitrogens with zero attached hydrogens (tertiary/aromatic N) is 3. The van der Waals surface area contributed by atoms with E-state index in [2.05, 4.69) is 47.6 Å². The van der Waals surface area contributed by atoms with Gasteiger partial charge in [-0.25, -0.2) is 0 Å². The van der Waals surface area contributed by atoms with Crippen molar-refractivity contribution in [2.75, 3.05) is 0 Å². The molecule has 4 heteroatoms. The molecule has 102 valence electrons. The van der Waals surface area contributed by atoms with Crippen LogP contribution in [-0.4, -0.2) is 15.0 Å². The van der Waals surface area contributed by atoms with E-state index in [1.165, 1.54) is 12.0 Å². The zero-order valence-electron chi connectivity index (χ0n) is 11.5. The van der Waals surface area contributed by atoms with Crippen LogP contribution >= 0.6 is 0 Å². The minimum atomic E-state index is 0.0121. The minimum absolute atomic E-state index is 0.0121. The first-order chi connectivity index (χ1) is 9.29. The molecule has 2 aromatic rings. The van der Waals surface area contributed by atoms with Crippen LogP contribution < -0.4 is 5.73 Å². The first kappa shape index (κ1) is 13.7. The normalized spacial score (nSPS) is 12.5. The average Bonchev–Trinajstić information content (AvgIpc) is 2.93. The third kappa shape index (κ3) is 4.17. The lowest BCUT2D eigenvalue weighted by molar-refractivity contribution is 0.541. The third-order valence-corrected chi connectivity index (χ3v) is 3.32. The maximum atomic E-state index is 5.92. The summed E-state index contributed by atoms with van der Waals surface area (Å²) in [5, 5.41) is 8.23. The van der Waals surface area contributed by atoms with Gasteiger partial charge >= 0.3 is 0 Å². The molecule has 0 amide bonds. The van der Waals surface area contributed by atoms with Crippen LogP contribution in [0.15, 0.2) is 36.5 Å². The Morgan fingerprint density at radius 1 is 1.21 bits per heavy atom. The van der Waals surface area contributed by atoms with Gasteiger partial charge in [0.1, 0.15) is 0 Å². The molecule has 0 radical (unpaired) electrons. The van der Waals surface area contributed by atoms with Gasteiger partial charge in [0.2, 0.25) is 0 Å². The summed E-state index contributed by atoms with van der Waals surface area (Å²) in [6.07, 6.45) is 6.26. The van der Waals surface area contributed by atoms with Crippen LogP contribution in [-0.2, 0) is 13.0 Å². The first-order valence-corrected chi connectivity index (χ1v) is 6.99. The van der Waals surface area contributed by atoms with Gasteiger partial charge in [0.25, 0.3) is 0 Å². The number of unbranched alkanes of at least 4 members (excludes halogenated alkanes) is 1. The number of aryl methyl sites for hydroxylation is 2. The summed E-state index contributed by atoms with van der Waals surface area (Å²) in [7, 11) is 0. The largest absolute Gasteiger partial charge is 0.323 e. The zero-order chi connectivity index (χ0) is 13.5. The number of hydrogen-bond acceptors (Lipinski definition) is 3. The molecule has 0 aliphatic heterocycles. The van der Waals surface area contributed by atoms with E-state index in [-0.39, 0.29) is 6.04 Å². The van der Waals surface area contributed by atoms with Crippen LogP contribution in [0.25, 0.3) is 0 Å². The third-order valence-electron chi connectivity index (χ3n) is 3.32. The maximum absolute atomic E-state index is 5.92. The van der Waals surface area contributed by atoms with Crippen LogP contribution in [0.4, 0.5) is 0 Å². The molecule has 1 aromatic heterocycles. The summed E-state index contributed by atoms with van der Waals surface area (Å²) in [5.41, 5.74) is 8.21. The van der Waals surface area contributed by atoms with Crippen molar-refractivity contribution >= 4 is 0 Å². The quantitative estimate of drug-likeness (QED) is 0.777. The van der Waals surface area contributed by atoms with Crippen LogP contribution in [0.5, 0.6) is 0 Å². The summed E-state index contributed by atoms with van der Waals surface area (Å²) >= 11 is 0. The van der Waals surface area contributed by atoms with Crippen molar-refractivity contribution in [2.24, 2.45) is 5.73 Å². The van der Waals surface area contributed by atoms with Gasteiger partial charge in [-0.1, -0.05) is 42.5 Å². The lowest BCUT2D eigenvalue weighted by atomic mass is 10.1. The van der Waals surface area contributed by atoms with E-state index in [9.17, 15) is 0 Å². The molecular weight excluding hydrogens is 236 g/mol. The highest BCUT2D eigenvalue weighted by Crippen LogP contribution is 2.10. The number of hydrogen-bond donors (Lipinski definition) is 1. The Morgan fingerprint density at radius 3 is 2.74 bits per heavy atom. The zero-order valence-corrected chi connectivity index (χ0v) is 11.5. The molecule has 1 atom stereocenters. The number of benzene rings is 1. The Hall–Kier alpha value is -1.68. The molecule has 4 nitrogen and oxygen atoms in total. The highest BCUT2D eigenvalue weighted by molar-refractivity contribution is 5.14. The molecule has 2 rings (SSSR count). The predicted octanol–water partition coefficient (Wildman–Crippen LogP) is 2.71. The highest BCUT2D eigenvalue weighted by atomic mass is 15.4. The molecule has 0 fully saturated rings. The van der Waals surface area contributed by atoms with Gasteiger partial charge in [-0.15, -0.1) is 5.10 Å². The molecule has 0 spiro atoms. The van der Waals surface area contributed by atoms with Crippen molar-refractivity contribution in [1.82, 2.24) is 15.0 Å². The van der Waals surface area contributed by atoms with E-state index in [4.69, 9.17) is 5.73 Å². The fraction of sp³-hybridized carbons (Fsp3) is 0.467. The molecule has 0 aliphatic carbocycles. The van der Waals surface area contributed by atoms with Crippen LogP contribution in [0.2, 0.25) is 0 Å². The van der Waals surface area contributed by atoms with E-state index in [1.807, 2.05) is 10.9 Å². The van der Waals surface area contributed by atoms with Gasteiger partial charge in [-0.3, -0.25) is 4.68 Å². The van der Waals surface area contributed by atoms with Crippen LogP contribution in [0.1, 0.15) is 43.5 Å². The van der Waals surface area contributed by atoms with E-state index < -0.39 is 0 Å². The van der Waals surface area contributed by atoms with Gasteiger partial charge in [0.15, 0.2) is 0 Å². The lowest BCUT2D eigenvalue weighted by Crippen LogP contribution is -2.08. The van der Waals surface area contributed by atoms with Gasteiger partial charge in [-0.05, 0) is 31.2 Å². The summed E-state index contributed by atoms with van der Waals surface area (Å²) in [4.78, 5) is 0. The topological polar surface area (TPSA) is 56.7 Å². The van der Waals surface area contributed by atoms with Gasteiger partial charge < -0.3 is 5.73 Å². The van der Waals surface area contributed by atoms with Crippen molar-refractivity contribution in [1.29, 1.82) is 0 Å². The molecule has 0 aliphatic rings. The molecular formula is C15H22N4. The Labute approximate surface area is 114 Å². The smallest absolute Gasteiger partial charge is 0.0993 e. The summed E-state index contributed by atoms with van der Waals surface area (Å²) < 4.78 is 1.90. The van der Waals surface area contributed by atoms with E-state index >= 15 is 0 Å². The Balaban J connectivity index is 1.72. The van der Waals surface area contributed by atoms with Gasteiger partial charge in [-0.2, -0.15) is 0 Å². The van der Waals surface area contributed by atoms with E-state index in [1.54, 1.807) is 0 Å². The Morgan fingerprint density at radius 2 is 2.00 bits per heavy atom. The summed E-state index contributed by atoms with van der Waals surface area (Å²) in [5.74, 6) is 0. The fourth-order valence-electron chi connectivity index (χ4n) is 2.05. The monoisotopic (exact) mass is 258 g/mol. The molecule has 0 saturated carbocycles. The van der Waals surface area contributed by atoms with Gasteiger partial charge in [0.05, 0.1) is 17.9 Å². The lowest BCUT2D eigenvalue weighted by Gasteiger charge is -2.03. The molecule has 1 heterocycles. The van der Waals surface area contributed by atoms with E-state index in [0.29, 0.717) is 0 Å². The highest BCUT2D eigenvalue weighted by Gasteiger charge is 2.07. The van der Waals surface area contributed by atoms with Gasteiger partial charge in [0, 0.05) is 6.54 Å². The van der Waals surface area contributed by atoms with Crippen molar-refractivity contribution < 1.29 is 0 Å². The first-order valence-electron chi connectivity index (χ1n) is 6.99. The summed E-state index contributed by atoms with van der Waals surface area (Å²) in [6.45, 7) is 2.97. The average molecular weight is 258 g/mol. The molecule has 1 unspecified atom stereocenters. The Kier molecular flexibility index (Phi) is 5.10. The number of nitrogens with two attached hydrogens (primary N) is 1. The molecule has 0 bridgehead atoms. The molecule has 2 N–H and O–H groups in total. The number of aromatic nitrogens is 3. The Bertz CT molecular complexity index is 478. The van der Waals surface area contributed by atoms with Crippen molar-refractivity contribution in [3.8, 4) is 0 Å². The molecule has 0 saturated heterocycles.